The number of hydrogen-bond acceptors (Lipinski definition) is 6. The molecule has 0 spiro atoms. The predicted molar refractivity (Wildman–Crippen MR) is 109 cm³/mol. The molecule has 1 amide bonds. The van der Waals surface area contributed by atoms with Gasteiger partial charge in [0.15, 0.2) is 6.61 Å². The van der Waals surface area contributed by atoms with Crippen LogP contribution >= 0.6 is 11.6 Å². The van der Waals surface area contributed by atoms with Crippen molar-refractivity contribution in [3.63, 3.8) is 0 Å². The van der Waals surface area contributed by atoms with Crippen molar-refractivity contribution in [2.75, 3.05) is 26.3 Å². The molecule has 0 radical (unpaired) electrons. The summed E-state index contributed by atoms with van der Waals surface area (Å²) in [4.78, 5) is 38.3. The van der Waals surface area contributed by atoms with E-state index >= 15 is 0 Å². The number of carbonyl (C=O) groups is 3. The second kappa shape index (κ2) is 9.91. The van der Waals surface area contributed by atoms with Gasteiger partial charge in [-0.3, -0.25) is 9.59 Å². The van der Waals surface area contributed by atoms with Crippen molar-refractivity contribution in [1.29, 1.82) is 0 Å². The standard InChI is InChI=1S/C21H23ClFN3O5/c1-3-30-20(28)14-8-10-25(11-9-14)17(27)12-31-21(29)18-13(2)24-26(19(18)22)16-6-4-15(23)5-7-16/h4-7,14H,3,8-12H2,1-2H3. The minimum atomic E-state index is -0.773. The van der Waals surface area contributed by atoms with E-state index in [1.54, 1.807) is 18.7 Å². The highest BCUT2D eigenvalue weighted by Gasteiger charge is 2.29. The average Bonchev–Trinajstić information content (AvgIpc) is 3.06. The maximum absolute atomic E-state index is 13.1. The molecular weight excluding hydrogens is 429 g/mol. The highest BCUT2D eigenvalue weighted by Crippen LogP contribution is 2.25. The van der Waals surface area contributed by atoms with Gasteiger partial charge in [-0.2, -0.15) is 5.10 Å². The zero-order valence-corrected chi connectivity index (χ0v) is 18.0. The van der Waals surface area contributed by atoms with Gasteiger partial charge in [0.2, 0.25) is 0 Å². The number of piperidine rings is 1. The van der Waals surface area contributed by atoms with E-state index in [0.29, 0.717) is 43.9 Å². The van der Waals surface area contributed by atoms with Crippen molar-refractivity contribution in [2.24, 2.45) is 5.92 Å². The third-order valence-corrected chi connectivity index (χ3v) is 5.42. The first-order valence-electron chi connectivity index (χ1n) is 9.94. The molecule has 1 saturated heterocycles. The average molecular weight is 452 g/mol. The summed E-state index contributed by atoms with van der Waals surface area (Å²) in [5.41, 5.74) is 0.843. The normalized spacial score (nSPS) is 14.4. The van der Waals surface area contributed by atoms with Crippen molar-refractivity contribution in [2.45, 2.75) is 26.7 Å². The fourth-order valence-electron chi connectivity index (χ4n) is 3.40. The Morgan fingerprint density at radius 3 is 2.42 bits per heavy atom. The van der Waals surface area contributed by atoms with Crippen molar-refractivity contribution in [1.82, 2.24) is 14.7 Å². The van der Waals surface area contributed by atoms with E-state index in [1.165, 1.54) is 28.9 Å². The van der Waals surface area contributed by atoms with Gasteiger partial charge in [0, 0.05) is 13.1 Å². The second-order valence-electron chi connectivity index (χ2n) is 7.12. The first kappa shape index (κ1) is 22.7. The van der Waals surface area contributed by atoms with Crippen LogP contribution in [0.1, 0.15) is 35.8 Å². The summed E-state index contributed by atoms with van der Waals surface area (Å²) >= 11 is 6.30. The van der Waals surface area contributed by atoms with Crippen molar-refractivity contribution in [3.8, 4) is 5.69 Å². The van der Waals surface area contributed by atoms with Crippen LogP contribution < -0.4 is 0 Å². The van der Waals surface area contributed by atoms with E-state index in [0.717, 1.165) is 0 Å². The van der Waals surface area contributed by atoms with Crippen molar-refractivity contribution < 1.29 is 28.2 Å². The van der Waals surface area contributed by atoms with Gasteiger partial charge in [-0.1, -0.05) is 11.6 Å². The number of ether oxygens (including phenoxy) is 2. The van der Waals surface area contributed by atoms with Crippen LogP contribution in [0.3, 0.4) is 0 Å². The van der Waals surface area contributed by atoms with E-state index in [4.69, 9.17) is 21.1 Å². The number of esters is 2. The summed E-state index contributed by atoms with van der Waals surface area (Å²) in [5.74, 6) is -2.00. The third kappa shape index (κ3) is 5.22. The fraction of sp³-hybridized carbons (Fsp3) is 0.429. The highest BCUT2D eigenvalue weighted by atomic mass is 35.5. The number of halogens is 2. The summed E-state index contributed by atoms with van der Waals surface area (Å²) in [7, 11) is 0. The molecule has 1 aliphatic rings. The summed E-state index contributed by atoms with van der Waals surface area (Å²) in [6.45, 7) is 4.01. The van der Waals surface area contributed by atoms with Gasteiger partial charge < -0.3 is 14.4 Å². The molecular formula is C21H23ClFN3O5. The molecule has 2 aromatic rings. The van der Waals surface area contributed by atoms with Crippen LogP contribution in [0, 0.1) is 18.7 Å². The van der Waals surface area contributed by atoms with Gasteiger partial charge in [-0.25, -0.2) is 13.9 Å². The molecule has 1 aromatic heterocycles. The Hall–Kier alpha value is -2.94. The number of rotatable bonds is 6. The maximum atomic E-state index is 13.1. The third-order valence-electron chi connectivity index (χ3n) is 5.07. The van der Waals surface area contributed by atoms with Crippen molar-refractivity contribution >= 4 is 29.4 Å². The Morgan fingerprint density at radius 2 is 1.81 bits per heavy atom. The van der Waals surface area contributed by atoms with Gasteiger partial charge in [-0.05, 0) is 51.0 Å². The van der Waals surface area contributed by atoms with Crippen molar-refractivity contribution in [3.05, 3.63) is 46.5 Å². The molecule has 1 aliphatic heterocycles. The van der Waals surface area contributed by atoms with Gasteiger partial charge in [-0.15, -0.1) is 0 Å². The largest absolute Gasteiger partial charge is 0.466 e. The summed E-state index contributed by atoms with van der Waals surface area (Å²) in [6.07, 6.45) is 1.02. The molecule has 31 heavy (non-hydrogen) atoms. The monoisotopic (exact) mass is 451 g/mol. The molecule has 10 heteroatoms. The molecule has 166 valence electrons. The van der Waals surface area contributed by atoms with Crippen LogP contribution in [-0.4, -0.2) is 58.8 Å². The predicted octanol–water partition coefficient (Wildman–Crippen LogP) is 2.93. The number of aromatic nitrogens is 2. The SMILES string of the molecule is CCOC(=O)C1CCN(C(=O)COC(=O)c2c(C)nn(-c3ccc(F)cc3)c2Cl)CC1. The van der Waals surface area contributed by atoms with Crippen LogP contribution in [0.5, 0.6) is 0 Å². The molecule has 1 fully saturated rings. The number of carbonyl (C=O) groups excluding carboxylic acids is 3. The van der Waals surface area contributed by atoms with E-state index in [1.807, 2.05) is 0 Å². The number of hydrogen-bond donors (Lipinski definition) is 0. The first-order valence-corrected chi connectivity index (χ1v) is 10.3. The van der Waals surface area contributed by atoms with Gasteiger partial charge in [0.1, 0.15) is 16.5 Å². The lowest BCUT2D eigenvalue weighted by Gasteiger charge is -2.30. The maximum Gasteiger partial charge on any atom is 0.343 e. The summed E-state index contributed by atoms with van der Waals surface area (Å²) in [5, 5.41) is 4.22. The lowest BCUT2D eigenvalue weighted by molar-refractivity contribution is -0.151. The van der Waals surface area contributed by atoms with E-state index in [-0.39, 0.29) is 28.5 Å². The minimum absolute atomic E-state index is 0.0109. The van der Waals surface area contributed by atoms with E-state index < -0.39 is 18.4 Å². The van der Waals surface area contributed by atoms with Crippen LogP contribution in [0.15, 0.2) is 24.3 Å². The number of nitrogens with zero attached hydrogens (tertiary/aromatic N) is 3. The zero-order valence-electron chi connectivity index (χ0n) is 17.3. The quantitative estimate of drug-likeness (QED) is 0.627. The smallest absolute Gasteiger partial charge is 0.343 e. The fourth-order valence-corrected chi connectivity index (χ4v) is 3.75. The van der Waals surface area contributed by atoms with E-state index in [2.05, 4.69) is 5.10 Å². The van der Waals surface area contributed by atoms with E-state index in [9.17, 15) is 18.8 Å². The molecule has 1 aromatic carbocycles. The second-order valence-corrected chi connectivity index (χ2v) is 7.48. The lowest BCUT2D eigenvalue weighted by atomic mass is 9.97. The summed E-state index contributed by atoms with van der Waals surface area (Å²) < 4.78 is 24.6. The molecule has 8 nitrogen and oxygen atoms in total. The number of likely N-dealkylation sites (tertiary alicyclic amines) is 1. The van der Waals surface area contributed by atoms with Crippen LogP contribution in [-0.2, 0) is 19.1 Å². The highest BCUT2D eigenvalue weighted by molar-refractivity contribution is 6.33. The van der Waals surface area contributed by atoms with Crippen LogP contribution in [0.2, 0.25) is 5.15 Å². The minimum Gasteiger partial charge on any atom is -0.466 e. The molecule has 0 aliphatic carbocycles. The zero-order chi connectivity index (χ0) is 22.5. The Labute approximate surface area is 183 Å². The first-order chi connectivity index (χ1) is 14.8. The summed E-state index contributed by atoms with van der Waals surface area (Å²) in [6, 6.07) is 5.47. The Bertz CT molecular complexity index is 968. The molecule has 0 bridgehead atoms. The lowest BCUT2D eigenvalue weighted by Crippen LogP contribution is -2.42. The van der Waals surface area contributed by atoms with Gasteiger partial charge in [0.05, 0.1) is 23.9 Å². The molecule has 3 rings (SSSR count). The number of aryl methyl sites for hydroxylation is 1. The molecule has 0 N–H and O–H groups in total. The Morgan fingerprint density at radius 1 is 1.16 bits per heavy atom. The number of benzene rings is 1. The van der Waals surface area contributed by atoms with Gasteiger partial charge >= 0.3 is 11.9 Å². The molecule has 0 unspecified atom stereocenters. The Balaban J connectivity index is 1.58. The Kier molecular flexibility index (Phi) is 7.27. The topological polar surface area (TPSA) is 90.7 Å². The van der Waals surface area contributed by atoms with Gasteiger partial charge in [0.25, 0.3) is 5.91 Å². The molecule has 0 saturated carbocycles. The van der Waals surface area contributed by atoms with Crippen LogP contribution in [0.4, 0.5) is 4.39 Å². The molecule has 0 atom stereocenters. The number of amides is 1. The molecule has 2 heterocycles. The van der Waals surface area contributed by atoms with Crippen LogP contribution in [0.25, 0.3) is 5.69 Å².